The van der Waals surface area contributed by atoms with Gasteiger partial charge in [-0.05, 0) is 12.8 Å². The van der Waals surface area contributed by atoms with Crippen molar-refractivity contribution in [2.24, 2.45) is 0 Å². The Morgan fingerprint density at radius 3 is 2.77 bits per heavy atom. The fourth-order valence-electron chi connectivity index (χ4n) is 1.43. The number of nitrogens with zero attached hydrogens (tertiary/aromatic N) is 2. The van der Waals surface area contributed by atoms with E-state index in [1.165, 1.54) is 0 Å². The molecule has 0 radical (unpaired) electrons. The molecular formula is C8H11ClN2OS. The van der Waals surface area contributed by atoms with E-state index in [4.69, 9.17) is 16.3 Å². The van der Waals surface area contributed by atoms with Crippen LogP contribution in [-0.2, 0) is 10.6 Å². The summed E-state index contributed by atoms with van der Waals surface area (Å²) in [4.78, 5) is 0. The molecule has 72 valence electrons. The largest absolute Gasteiger partial charge is 0.381 e. The van der Waals surface area contributed by atoms with Crippen molar-refractivity contribution in [3.63, 3.8) is 0 Å². The molecule has 1 aliphatic rings. The summed E-state index contributed by atoms with van der Waals surface area (Å²) in [7, 11) is 0. The molecule has 3 nitrogen and oxygen atoms in total. The molecule has 0 aromatic carbocycles. The van der Waals surface area contributed by atoms with Gasteiger partial charge in [-0.25, -0.2) is 0 Å². The first-order valence-electron chi connectivity index (χ1n) is 4.36. The van der Waals surface area contributed by atoms with Crippen LogP contribution in [0.15, 0.2) is 0 Å². The smallest absolute Gasteiger partial charge is 0.132 e. The highest BCUT2D eigenvalue weighted by molar-refractivity contribution is 7.11. The van der Waals surface area contributed by atoms with Gasteiger partial charge in [-0.1, -0.05) is 11.3 Å². The lowest BCUT2D eigenvalue weighted by Gasteiger charge is -2.18. The maximum atomic E-state index is 5.66. The molecule has 0 atom stereocenters. The van der Waals surface area contributed by atoms with Gasteiger partial charge in [0, 0.05) is 19.1 Å². The molecular weight excluding hydrogens is 208 g/mol. The molecule has 0 aliphatic carbocycles. The van der Waals surface area contributed by atoms with Crippen LogP contribution in [0.3, 0.4) is 0 Å². The Morgan fingerprint density at radius 2 is 2.15 bits per heavy atom. The third kappa shape index (κ3) is 2.18. The molecule has 1 fully saturated rings. The third-order valence-corrected chi connectivity index (χ3v) is 3.66. The second-order valence-electron chi connectivity index (χ2n) is 3.05. The van der Waals surface area contributed by atoms with E-state index in [0.717, 1.165) is 36.1 Å². The van der Waals surface area contributed by atoms with Crippen molar-refractivity contribution in [2.45, 2.75) is 24.6 Å². The topological polar surface area (TPSA) is 35.0 Å². The highest BCUT2D eigenvalue weighted by Crippen LogP contribution is 2.29. The lowest BCUT2D eigenvalue weighted by Crippen LogP contribution is -2.13. The minimum Gasteiger partial charge on any atom is -0.381 e. The van der Waals surface area contributed by atoms with Crippen molar-refractivity contribution in [2.75, 3.05) is 13.2 Å². The van der Waals surface area contributed by atoms with E-state index in [0.29, 0.717) is 11.8 Å². The first-order valence-corrected chi connectivity index (χ1v) is 5.71. The minimum atomic E-state index is 0.473. The molecule has 1 aliphatic heterocycles. The van der Waals surface area contributed by atoms with E-state index < -0.39 is 0 Å². The van der Waals surface area contributed by atoms with Crippen molar-refractivity contribution >= 4 is 22.9 Å². The van der Waals surface area contributed by atoms with Gasteiger partial charge in [0.15, 0.2) is 0 Å². The predicted molar refractivity (Wildman–Crippen MR) is 52.3 cm³/mol. The summed E-state index contributed by atoms with van der Waals surface area (Å²) < 4.78 is 5.28. The average Bonchev–Trinajstić information content (AvgIpc) is 2.67. The SMILES string of the molecule is ClCc1nnc(C2CCOCC2)s1. The summed E-state index contributed by atoms with van der Waals surface area (Å²) in [5.41, 5.74) is 0. The van der Waals surface area contributed by atoms with Crippen LogP contribution >= 0.6 is 22.9 Å². The number of halogens is 1. The third-order valence-electron chi connectivity index (χ3n) is 2.17. The van der Waals surface area contributed by atoms with Gasteiger partial charge in [-0.15, -0.1) is 21.8 Å². The highest BCUT2D eigenvalue weighted by atomic mass is 35.5. The second kappa shape index (κ2) is 4.35. The number of aromatic nitrogens is 2. The molecule has 0 bridgehead atoms. The number of rotatable bonds is 2. The quantitative estimate of drug-likeness (QED) is 0.714. The van der Waals surface area contributed by atoms with Crippen molar-refractivity contribution in [1.82, 2.24) is 10.2 Å². The Hall–Kier alpha value is -0.190. The average molecular weight is 219 g/mol. The molecule has 1 saturated heterocycles. The zero-order chi connectivity index (χ0) is 9.10. The van der Waals surface area contributed by atoms with Crippen LogP contribution in [0, 0.1) is 0 Å². The van der Waals surface area contributed by atoms with E-state index in [2.05, 4.69) is 10.2 Å². The highest BCUT2D eigenvalue weighted by Gasteiger charge is 2.19. The maximum absolute atomic E-state index is 5.66. The first kappa shape index (κ1) is 9.37. The van der Waals surface area contributed by atoms with Gasteiger partial charge >= 0.3 is 0 Å². The van der Waals surface area contributed by atoms with E-state index in [1.807, 2.05) is 0 Å². The Bertz CT molecular complexity index is 273. The van der Waals surface area contributed by atoms with Gasteiger partial charge in [0.05, 0.1) is 5.88 Å². The number of hydrogen-bond donors (Lipinski definition) is 0. The monoisotopic (exact) mass is 218 g/mol. The first-order chi connectivity index (χ1) is 6.40. The lowest BCUT2D eigenvalue weighted by molar-refractivity contribution is 0.0851. The molecule has 13 heavy (non-hydrogen) atoms. The summed E-state index contributed by atoms with van der Waals surface area (Å²) >= 11 is 7.29. The summed E-state index contributed by atoms with van der Waals surface area (Å²) in [5.74, 6) is 1.02. The van der Waals surface area contributed by atoms with Gasteiger partial charge in [0.1, 0.15) is 10.0 Å². The Labute approximate surface area is 86.1 Å². The lowest BCUT2D eigenvalue weighted by atomic mass is 10.0. The Kier molecular flexibility index (Phi) is 3.14. The molecule has 0 spiro atoms. The maximum Gasteiger partial charge on any atom is 0.132 e. The molecule has 1 aromatic rings. The van der Waals surface area contributed by atoms with Crippen molar-refractivity contribution in [3.05, 3.63) is 10.0 Å². The van der Waals surface area contributed by atoms with Crippen molar-refractivity contribution in [3.8, 4) is 0 Å². The zero-order valence-electron chi connectivity index (χ0n) is 7.20. The van der Waals surface area contributed by atoms with E-state index in [9.17, 15) is 0 Å². The van der Waals surface area contributed by atoms with Crippen LogP contribution in [0.2, 0.25) is 0 Å². The fraction of sp³-hybridized carbons (Fsp3) is 0.750. The zero-order valence-corrected chi connectivity index (χ0v) is 8.77. The normalized spacial score (nSPS) is 19.2. The fourth-order valence-corrected chi connectivity index (χ4v) is 2.51. The molecule has 0 unspecified atom stereocenters. The van der Waals surface area contributed by atoms with Gasteiger partial charge in [-0.3, -0.25) is 0 Å². The summed E-state index contributed by atoms with van der Waals surface area (Å²) in [6.07, 6.45) is 2.13. The molecule has 5 heteroatoms. The molecule has 0 amide bonds. The van der Waals surface area contributed by atoms with Gasteiger partial charge in [-0.2, -0.15) is 0 Å². The van der Waals surface area contributed by atoms with Crippen LogP contribution in [0.5, 0.6) is 0 Å². The van der Waals surface area contributed by atoms with Gasteiger partial charge < -0.3 is 4.74 Å². The van der Waals surface area contributed by atoms with Crippen molar-refractivity contribution in [1.29, 1.82) is 0 Å². The van der Waals surface area contributed by atoms with Gasteiger partial charge in [0.25, 0.3) is 0 Å². The number of alkyl halides is 1. The summed E-state index contributed by atoms with van der Waals surface area (Å²) in [6.45, 7) is 1.70. The van der Waals surface area contributed by atoms with E-state index >= 15 is 0 Å². The van der Waals surface area contributed by atoms with Crippen molar-refractivity contribution < 1.29 is 4.74 Å². The van der Waals surface area contributed by atoms with Crippen LogP contribution in [-0.4, -0.2) is 23.4 Å². The summed E-state index contributed by atoms with van der Waals surface area (Å²) in [6, 6.07) is 0. The molecule has 1 aromatic heterocycles. The van der Waals surface area contributed by atoms with Gasteiger partial charge in [0.2, 0.25) is 0 Å². The van der Waals surface area contributed by atoms with Crippen LogP contribution in [0.1, 0.15) is 28.8 Å². The van der Waals surface area contributed by atoms with Crippen LogP contribution < -0.4 is 0 Å². The van der Waals surface area contributed by atoms with E-state index in [1.54, 1.807) is 11.3 Å². The minimum absolute atomic E-state index is 0.473. The standard InChI is InChI=1S/C8H11ClN2OS/c9-5-7-10-11-8(13-7)6-1-3-12-4-2-6/h6H,1-5H2. The van der Waals surface area contributed by atoms with Crippen LogP contribution in [0.25, 0.3) is 0 Å². The summed E-state index contributed by atoms with van der Waals surface area (Å²) in [5, 5.41) is 10.2. The van der Waals surface area contributed by atoms with Crippen LogP contribution in [0.4, 0.5) is 0 Å². The predicted octanol–water partition coefficient (Wildman–Crippen LogP) is 2.17. The molecule has 2 rings (SSSR count). The molecule has 0 saturated carbocycles. The number of ether oxygens (including phenoxy) is 1. The molecule has 2 heterocycles. The number of hydrogen-bond acceptors (Lipinski definition) is 4. The Balaban J connectivity index is 2.05. The molecule has 0 N–H and O–H groups in total. The Morgan fingerprint density at radius 1 is 1.38 bits per heavy atom. The van der Waals surface area contributed by atoms with E-state index in [-0.39, 0.29) is 0 Å². The second-order valence-corrected chi connectivity index (χ2v) is 4.42.